The molecule has 40 atom stereocenters. The van der Waals surface area contributed by atoms with E-state index >= 15 is 0 Å². The third-order valence-corrected chi connectivity index (χ3v) is 18.5. The fourth-order valence-electron chi connectivity index (χ4n) is 11.9. The van der Waals surface area contributed by atoms with Crippen molar-refractivity contribution in [1.82, 2.24) is 0 Å². The number of hydrogen-bond donors (Lipinski definition) is 30. The van der Waals surface area contributed by atoms with Gasteiger partial charge >= 0.3 is 19.8 Å². The molecule has 0 aromatic heterocycles. The molecule has 0 bridgehead atoms. The first-order valence-electron chi connectivity index (χ1n) is 30.6. The number of carboxylic acid groups (broad SMARTS) is 2. The number of aliphatic hydroxyl groups is 26. The zero-order chi connectivity index (χ0) is 74.7. The molecule has 31 N–H and O–H groups in total. The second-order valence-corrected chi connectivity index (χ2v) is 25.7. The SMILES string of the molecule is NCCOP(=O)(O)O[C@H](CO)[C@H]1O[C@@](O[C@@H]2C[C@](O)(C(=O)O)O[C@H]([C@H](O)CO)[C@@H]2O[C@H]2O[C@H]([C@@H](O)CO)[C@@H](O[C@@H]3O[C@H](CO)[C@@H](O)[C@H](O)[C@H]3O)[C@H](O[C@H]3O[C@H]([C@@H](O)CO[C@H]4O[C@H]([C@@H](O)CO[C@H]5O[C@H](CO)[C@H](O)[C@H](O)[C@H]5O)[C@@H](O)[C@H](O)[C@@H]4O)[C@@H](O)[C@H](O)[C@@H]3O)[C@@H]2O)(C(=O)O)[C@@H](O)[C@@H](O)[C@H]1O. The Morgan fingerprint density at radius 2 is 0.890 bits per heavy atom. The van der Waals surface area contributed by atoms with Gasteiger partial charge in [-0.15, -0.1) is 0 Å². The average Bonchev–Trinajstić information content (AvgIpc) is 0.743. The summed E-state index contributed by atoms with van der Waals surface area (Å²) < 4.78 is 95.0. The summed E-state index contributed by atoms with van der Waals surface area (Å²) in [6.07, 6.45) is -90.6. The van der Waals surface area contributed by atoms with Crippen LogP contribution in [0.25, 0.3) is 0 Å². The maximum atomic E-state index is 13.5. The van der Waals surface area contributed by atoms with Gasteiger partial charge in [-0.1, -0.05) is 0 Å². The van der Waals surface area contributed by atoms with Crippen LogP contribution >= 0.6 is 7.82 Å². The van der Waals surface area contributed by atoms with Crippen LogP contribution in [0, 0.1) is 0 Å². The summed E-state index contributed by atoms with van der Waals surface area (Å²) in [5.41, 5.74) is 5.30. The number of carboxylic acids is 2. The topological polar surface area (TPSA) is 802 Å². The van der Waals surface area contributed by atoms with E-state index in [1.807, 2.05) is 0 Å². The summed E-state index contributed by atoms with van der Waals surface area (Å²) in [6, 6.07) is 0. The van der Waals surface area contributed by atoms with Crippen LogP contribution in [0.2, 0.25) is 0 Å². The van der Waals surface area contributed by atoms with Gasteiger partial charge in [-0.3, -0.25) is 9.05 Å². The van der Waals surface area contributed by atoms with Crippen molar-refractivity contribution in [3.63, 3.8) is 0 Å². The number of hydrogen-bond acceptors (Lipinski definition) is 45. The molecule has 584 valence electrons. The minimum Gasteiger partial charge on any atom is -0.477 e. The van der Waals surface area contributed by atoms with E-state index in [0.29, 0.717) is 0 Å². The molecule has 7 aliphatic rings. The Hall–Kier alpha value is -2.55. The van der Waals surface area contributed by atoms with E-state index in [1.54, 1.807) is 0 Å². The molecule has 0 saturated carbocycles. The second kappa shape index (κ2) is 35.4. The maximum absolute atomic E-state index is 13.5. The lowest BCUT2D eigenvalue weighted by Crippen LogP contribution is -2.73. The maximum Gasteiger partial charge on any atom is 0.472 e. The summed E-state index contributed by atoms with van der Waals surface area (Å²) in [4.78, 5) is 36.7. The molecule has 1 unspecified atom stereocenters. The Kier molecular flexibility index (Phi) is 30.0. The number of phosphoric ester groups is 1. The molecular weight excluding hydrogens is 1410 g/mol. The van der Waals surface area contributed by atoms with Crippen molar-refractivity contribution >= 4 is 19.8 Å². The molecule has 7 heterocycles. The van der Waals surface area contributed by atoms with Gasteiger partial charge in [0, 0.05) is 13.0 Å². The van der Waals surface area contributed by atoms with Gasteiger partial charge in [-0.25, -0.2) is 14.2 Å². The number of phosphoric acid groups is 1. The van der Waals surface area contributed by atoms with Gasteiger partial charge in [0.25, 0.3) is 11.6 Å². The van der Waals surface area contributed by atoms with Gasteiger partial charge in [-0.05, 0) is 0 Å². The molecule has 0 aromatic carbocycles. The summed E-state index contributed by atoms with van der Waals surface area (Å²) in [5.74, 6) is -12.9. The fraction of sp³-hybridized carbons (Fsp3) is 0.961. The molecule has 7 rings (SSSR count). The van der Waals surface area contributed by atoms with Crippen molar-refractivity contribution in [1.29, 1.82) is 0 Å². The van der Waals surface area contributed by atoms with Crippen molar-refractivity contribution in [2.75, 3.05) is 59.4 Å². The van der Waals surface area contributed by atoms with Gasteiger partial charge in [0.15, 0.2) is 31.5 Å². The highest BCUT2D eigenvalue weighted by atomic mass is 31.2. The molecule has 48 nitrogen and oxygen atoms in total. The van der Waals surface area contributed by atoms with E-state index in [2.05, 4.69) is 4.52 Å². The van der Waals surface area contributed by atoms with Crippen molar-refractivity contribution in [3.05, 3.63) is 0 Å². The molecule has 49 heteroatoms. The standard InChI is InChI=1S/C51H88NO47P/c52-1-2-87-100(83,84)99-18(8-57)38-27(70)28(71)42(77)51(98-38,49(80)81)96-15-3-50(82,48(78)79)97-37(12(59)5-54)39(15)93-47-33(76)40(41(36(92-47)11(58)4-53)95-45-31(74)22(65)20(63)17(7-56)89-45)94-46-32(75)24(67)26(69)35(91-46)14(61)10-86-44-30(73)23(66)25(68)34(90-44)13(60)9-85-43-29(72)21(64)19(62)16(6-55)88-43/h11-47,53-77,82H,1-10,52H2,(H,78,79)(H,80,81)(H,83,84)/t11-,12+,13-,14-,15+,16+,17+,18+,19-,20+,21-,22-,23-,24-,25-,26-,27+,28-,29+,30-,31+,32-,33-,34+,35+,36+,37+,38+,39+,40+,41+,42-,43-,44-,45-,46+,47+,50+,51+/m0/s1. The zero-order valence-electron chi connectivity index (χ0n) is 51.8. The van der Waals surface area contributed by atoms with Gasteiger partial charge in [0.1, 0.15) is 189 Å². The lowest BCUT2D eigenvalue weighted by atomic mass is 9.88. The van der Waals surface area contributed by atoms with Crippen LogP contribution in [-0.4, -0.2) is 458 Å². The molecule has 7 aliphatic heterocycles. The summed E-state index contributed by atoms with van der Waals surface area (Å²) in [5, 5.41) is 304. The van der Waals surface area contributed by atoms with Crippen LogP contribution in [-0.2, 0) is 84.8 Å². The number of aliphatic hydroxyl groups excluding tert-OH is 25. The lowest BCUT2D eigenvalue weighted by molar-refractivity contribution is -0.418. The van der Waals surface area contributed by atoms with E-state index < -0.39 is 324 Å². The third-order valence-electron chi connectivity index (χ3n) is 17.4. The van der Waals surface area contributed by atoms with Gasteiger partial charge in [0.05, 0.1) is 59.0 Å². The lowest BCUT2D eigenvalue weighted by Gasteiger charge is -2.53. The van der Waals surface area contributed by atoms with Gasteiger partial charge < -0.3 is 215 Å². The minimum absolute atomic E-state index is 0.426. The van der Waals surface area contributed by atoms with E-state index in [0.717, 1.165) is 0 Å². The molecule has 0 aromatic rings. The quantitative estimate of drug-likeness (QED) is 0.0287. The summed E-state index contributed by atoms with van der Waals surface area (Å²) >= 11 is 0. The predicted octanol–water partition coefficient (Wildman–Crippen LogP) is -19.4. The molecule has 0 aliphatic carbocycles. The summed E-state index contributed by atoms with van der Waals surface area (Å²) in [7, 11) is -5.41. The highest BCUT2D eigenvalue weighted by Gasteiger charge is 2.67. The Morgan fingerprint density at radius 1 is 0.470 bits per heavy atom. The van der Waals surface area contributed by atoms with E-state index in [-0.39, 0.29) is 0 Å². The zero-order valence-corrected chi connectivity index (χ0v) is 52.7. The first kappa shape index (κ1) is 84.7. The second-order valence-electron chi connectivity index (χ2n) is 24.3. The smallest absolute Gasteiger partial charge is 0.472 e. The minimum atomic E-state index is -5.41. The van der Waals surface area contributed by atoms with Crippen molar-refractivity contribution in [2.24, 2.45) is 5.73 Å². The number of aliphatic carboxylic acids is 2. The highest BCUT2D eigenvalue weighted by Crippen LogP contribution is 2.48. The monoisotopic (exact) mass is 1500 g/mol. The molecule has 7 fully saturated rings. The molecular formula is C51H88NO47P. The van der Waals surface area contributed by atoms with Crippen LogP contribution in [0.5, 0.6) is 0 Å². The Morgan fingerprint density at radius 3 is 1.37 bits per heavy atom. The first-order valence-corrected chi connectivity index (χ1v) is 32.0. The van der Waals surface area contributed by atoms with E-state index in [4.69, 9.17) is 71.8 Å². The number of rotatable bonds is 31. The van der Waals surface area contributed by atoms with Crippen LogP contribution in [0.3, 0.4) is 0 Å². The Balaban J connectivity index is 1.23. The Bertz CT molecular complexity index is 2620. The van der Waals surface area contributed by atoms with E-state index in [9.17, 15) is 162 Å². The van der Waals surface area contributed by atoms with Crippen molar-refractivity contribution in [3.8, 4) is 0 Å². The highest BCUT2D eigenvalue weighted by molar-refractivity contribution is 7.47. The van der Waals surface area contributed by atoms with Crippen LogP contribution in [0.15, 0.2) is 0 Å². The third kappa shape index (κ3) is 18.0. The van der Waals surface area contributed by atoms with Crippen LogP contribution in [0.1, 0.15) is 6.42 Å². The molecule has 0 radical (unpaired) electrons. The van der Waals surface area contributed by atoms with Crippen molar-refractivity contribution in [2.45, 2.75) is 245 Å². The number of ether oxygens (including phenoxy) is 13. The largest absolute Gasteiger partial charge is 0.477 e. The number of nitrogens with two attached hydrogens (primary N) is 1. The summed E-state index contributed by atoms with van der Waals surface area (Å²) in [6.45, 7) is -10.0. The Labute approximate surface area is 561 Å². The predicted molar refractivity (Wildman–Crippen MR) is 297 cm³/mol. The molecule has 100 heavy (non-hydrogen) atoms. The van der Waals surface area contributed by atoms with Gasteiger partial charge in [0.2, 0.25) is 0 Å². The first-order chi connectivity index (χ1) is 46.8. The molecule has 0 spiro atoms. The molecule has 7 saturated heterocycles. The normalized spacial score (nSPS) is 47.3. The van der Waals surface area contributed by atoms with Crippen LogP contribution < -0.4 is 5.73 Å². The van der Waals surface area contributed by atoms with Crippen molar-refractivity contribution < 1.29 is 233 Å². The van der Waals surface area contributed by atoms with Crippen LogP contribution in [0.4, 0.5) is 0 Å². The van der Waals surface area contributed by atoms with E-state index in [1.165, 1.54) is 0 Å². The molecule has 0 amide bonds. The van der Waals surface area contributed by atoms with Gasteiger partial charge in [-0.2, -0.15) is 0 Å². The average molecular weight is 1500 g/mol. The number of carbonyl (C=O) groups is 2. The fourth-order valence-corrected chi connectivity index (χ4v) is 12.8.